The van der Waals surface area contributed by atoms with E-state index < -0.39 is 0 Å². The molecule has 3 aromatic rings. The largest absolute Gasteiger partial charge is 0.497 e. The lowest BCUT2D eigenvalue weighted by molar-refractivity contribution is 0.102. The van der Waals surface area contributed by atoms with Crippen molar-refractivity contribution in [3.05, 3.63) is 70.2 Å². The molecule has 2 aromatic carbocycles. The molecule has 1 aliphatic heterocycles. The number of fused-ring (bicyclic) bond motifs is 1. The van der Waals surface area contributed by atoms with E-state index in [4.69, 9.17) is 9.47 Å². The Balaban J connectivity index is 1.38. The van der Waals surface area contributed by atoms with Gasteiger partial charge in [0.25, 0.3) is 5.91 Å². The van der Waals surface area contributed by atoms with E-state index in [0.717, 1.165) is 37.5 Å². The second kappa shape index (κ2) is 9.28. The zero-order valence-electron chi connectivity index (χ0n) is 17.2. The normalized spacial score (nSPS) is 13.5. The molecule has 0 atom stereocenters. The summed E-state index contributed by atoms with van der Waals surface area (Å²) in [7, 11) is 1.70. The maximum Gasteiger partial charge on any atom is 0.261 e. The molecule has 6 nitrogen and oxygen atoms in total. The monoisotopic (exact) mass is 423 g/mol. The summed E-state index contributed by atoms with van der Waals surface area (Å²) in [5.41, 5.74) is 4.16. The fourth-order valence-electron chi connectivity index (χ4n) is 3.62. The topological polar surface area (TPSA) is 63.7 Å². The summed E-state index contributed by atoms with van der Waals surface area (Å²) in [6, 6.07) is 13.5. The van der Waals surface area contributed by atoms with E-state index in [1.807, 2.05) is 30.5 Å². The molecule has 1 aromatic heterocycles. The van der Waals surface area contributed by atoms with Gasteiger partial charge in [-0.1, -0.05) is 18.2 Å². The third-order valence-corrected chi connectivity index (χ3v) is 5.90. The molecule has 156 valence electrons. The highest BCUT2D eigenvalue weighted by molar-refractivity contribution is 7.14. The Kier molecular flexibility index (Phi) is 6.30. The van der Waals surface area contributed by atoms with Gasteiger partial charge in [-0.2, -0.15) is 0 Å². The highest BCUT2D eigenvalue weighted by atomic mass is 32.1. The Morgan fingerprint density at radius 3 is 2.93 bits per heavy atom. The predicted molar refractivity (Wildman–Crippen MR) is 118 cm³/mol. The van der Waals surface area contributed by atoms with Crippen LogP contribution in [-0.2, 0) is 19.5 Å². The maximum atomic E-state index is 12.7. The fraction of sp³-hybridized carbons (Fsp3) is 0.304. The first-order chi connectivity index (χ1) is 14.7. The average Bonchev–Trinajstić information content (AvgIpc) is 3.20. The number of carbonyl (C=O) groups is 1. The number of methoxy groups -OCH3 is 1. The molecule has 0 saturated carbocycles. The first kappa shape index (κ1) is 20.4. The van der Waals surface area contributed by atoms with Gasteiger partial charge in [-0.15, -0.1) is 11.3 Å². The van der Waals surface area contributed by atoms with E-state index in [1.54, 1.807) is 19.2 Å². The number of anilines is 1. The number of rotatable bonds is 7. The zero-order chi connectivity index (χ0) is 20.9. The van der Waals surface area contributed by atoms with Crippen molar-refractivity contribution in [2.75, 3.05) is 25.6 Å². The Morgan fingerprint density at radius 2 is 2.10 bits per heavy atom. The van der Waals surface area contributed by atoms with Crippen LogP contribution in [0.5, 0.6) is 11.5 Å². The molecule has 0 unspecified atom stereocenters. The van der Waals surface area contributed by atoms with E-state index in [9.17, 15) is 4.79 Å². The Morgan fingerprint density at radius 1 is 1.23 bits per heavy atom. The molecule has 1 amide bonds. The number of para-hydroxylation sites is 1. The van der Waals surface area contributed by atoms with E-state index in [2.05, 4.69) is 27.3 Å². The van der Waals surface area contributed by atoms with Gasteiger partial charge < -0.3 is 9.47 Å². The summed E-state index contributed by atoms with van der Waals surface area (Å²) in [6.45, 7) is 5.03. The van der Waals surface area contributed by atoms with Crippen LogP contribution in [0.2, 0.25) is 0 Å². The van der Waals surface area contributed by atoms with Gasteiger partial charge in [0.15, 0.2) is 5.13 Å². The number of nitrogens with one attached hydrogen (secondary N) is 1. The molecule has 0 aliphatic carbocycles. The maximum absolute atomic E-state index is 12.7. The van der Waals surface area contributed by atoms with Crippen molar-refractivity contribution in [1.82, 2.24) is 9.88 Å². The van der Waals surface area contributed by atoms with Crippen molar-refractivity contribution >= 4 is 22.4 Å². The highest BCUT2D eigenvalue weighted by Gasteiger charge is 2.19. The molecule has 0 fully saturated rings. The van der Waals surface area contributed by atoms with Crippen LogP contribution in [0.25, 0.3) is 0 Å². The van der Waals surface area contributed by atoms with E-state index in [-0.39, 0.29) is 5.91 Å². The lowest BCUT2D eigenvalue weighted by Crippen LogP contribution is -2.30. The van der Waals surface area contributed by atoms with Crippen LogP contribution in [-0.4, -0.2) is 36.1 Å². The number of ether oxygens (including phenoxy) is 2. The lowest BCUT2D eigenvalue weighted by Gasteiger charge is -2.28. The van der Waals surface area contributed by atoms with Crippen molar-refractivity contribution < 1.29 is 14.3 Å². The van der Waals surface area contributed by atoms with Gasteiger partial charge in [0.1, 0.15) is 11.5 Å². The molecule has 4 rings (SSSR count). The minimum atomic E-state index is -0.208. The van der Waals surface area contributed by atoms with Crippen molar-refractivity contribution in [3.63, 3.8) is 0 Å². The Labute approximate surface area is 180 Å². The Hall–Kier alpha value is -2.90. The highest BCUT2D eigenvalue weighted by Crippen LogP contribution is 2.26. The molecule has 2 heterocycles. The van der Waals surface area contributed by atoms with Crippen molar-refractivity contribution in [3.8, 4) is 11.5 Å². The smallest absolute Gasteiger partial charge is 0.261 e. The summed E-state index contributed by atoms with van der Waals surface area (Å²) in [5, 5.41) is 5.51. The SMILES string of the molecule is CCOc1ccccc1C(=O)Nc1nc(CN2CCc3cc(OC)ccc3C2)cs1. The molecule has 0 spiro atoms. The predicted octanol–water partition coefficient (Wildman–Crippen LogP) is 4.36. The molecule has 7 heteroatoms. The molecular formula is C23H25N3O3S. The summed E-state index contributed by atoms with van der Waals surface area (Å²) >= 11 is 1.44. The van der Waals surface area contributed by atoms with E-state index >= 15 is 0 Å². The number of amides is 1. The molecular weight excluding hydrogens is 398 g/mol. The third kappa shape index (κ3) is 4.63. The van der Waals surface area contributed by atoms with Gasteiger partial charge in [0, 0.05) is 25.0 Å². The number of carbonyl (C=O) groups excluding carboxylic acids is 1. The van der Waals surface area contributed by atoms with Gasteiger partial charge in [-0.25, -0.2) is 4.98 Å². The zero-order valence-corrected chi connectivity index (χ0v) is 18.0. The number of hydrogen-bond donors (Lipinski definition) is 1. The molecule has 0 bridgehead atoms. The number of thiazole rings is 1. The number of hydrogen-bond acceptors (Lipinski definition) is 6. The molecule has 1 N–H and O–H groups in total. The van der Waals surface area contributed by atoms with E-state index in [1.165, 1.54) is 22.5 Å². The second-order valence-electron chi connectivity index (χ2n) is 7.12. The average molecular weight is 424 g/mol. The summed E-state index contributed by atoms with van der Waals surface area (Å²) < 4.78 is 10.9. The number of aromatic nitrogens is 1. The minimum Gasteiger partial charge on any atom is -0.497 e. The van der Waals surface area contributed by atoms with Gasteiger partial charge in [-0.05, 0) is 48.7 Å². The van der Waals surface area contributed by atoms with Crippen LogP contribution >= 0.6 is 11.3 Å². The summed E-state index contributed by atoms with van der Waals surface area (Å²) in [4.78, 5) is 19.6. The quantitative estimate of drug-likeness (QED) is 0.612. The van der Waals surface area contributed by atoms with Crippen LogP contribution in [0.1, 0.15) is 34.1 Å². The second-order valence-corrected chi connectivity index (χ2v) is 7.98. The van der Waals surface area contributed by atoms with Crippen molar-refractivity contribution in [2.45, 2.75) is 26.4 Å². The standard InChI is InChI=1S/C23H25N3O3S/c1-3-29-21-7-5-4-6-20(21)22(27)25-23-24-18(15-30-23)14-26-11-10-16-12-19(28-2)9-8-17(16)13-26/h4-9,12,15H,3,10-11,13-14H2,1-2H3,(H,24,25,27). The van der Waals surface area contributed by atoms with E-state index in [0.29, 0.717) is 23.1 Å². The lowest BCUT2D eigenvalue weighted by atomic mass is 9.99. The van der Waals surface area contributed by atoms with Gasteiger partial charge in [0.05, 0.1) is 25.0 Å². The molecule has 0 radical (unpaired) electrons. The Bertz CT molecular complexity index is 1030. The minimum absolute atomic E-state index is 0.208. The van der Waals surface area contributed by atoms with Gasteiger partial charge in [0.2, 0.25) is 0 Å². The number of nitrogens with zero attached hydrogens (tertiary/aromatic N) is 2. The van der Waals surface area contributed by atoms with Crippen LogP contribution in [0, 0.1) is 0 Å². The van der Waals surface area contributed by atoms with Crippen LogP contribution in [0.3, 0.4) is 0 Å². The third-order valence-electron chi connectivity index (χ3n) is 5.09. The van der Waals surface area contributed by atoms with Gasteiger partial charge in [-0.3, -0.25) is 15.0 Å². The van der Waals surface area contributed by atoms with Crippen LogP contribution in [0.4, 0.5) is 5.13 Å². The fourth-order valence-corrected chi connectivity index (χ4v) is 4.31. The first-order valence-corrected chi connectivity index (χ1v) is 10.9. The van der Waals surface area contributed by atoms with Crippen molar-refractivity contribution in [2.24, 2.45) is 0 Å². The molecule has 30 heavy (non-hydrogen) atoms. The number of benzene rings is 2. The van der Waals surface area contributed by atoms with Crippen LogP contribution < -0.4 is 14.8 Å². The summed E-state index contributed by atoms with van der Waals surface area (Å²) in [5.74, 6) is 1.28. The summed E-state index contributed by atoms with van der Waals surface area (Å²) in [6.07, 6.45) is 0.995. The molecule has 0 saturated heterocycles. The van der Waals surface area contributed by atoms with Gasteiger partial charge >= 0.3 is 0 Å². The van der Waals surface area contributed by atoms with Crippen LogP contribution in [0.15, 0.2) is 47.8 Å². The van der Waals surface area contributed by atoms with Crippen molar-refractivity contribution in [1.29, 1.82) is 0 Å². The first-order valence-electron chi connectivity index (χ1n) is 10.0. The molecule has 1 aliphatic rings.